The van der Waals surface area contributed by atoms with E-state index in [2.05, 4.69) is 20.6 Å². The van der Waals surface area contributed by atoms with Crippen molar-refractivity contribution in [2.24, 2.45) is 0 Å². The molecule has 0 aromatic carbocycles. The van der Waals surface area contributed by atoms with Crippen LogP contribution < -0.4 is 10.6 Å². The first-order chi connectivity index (χ1) is 11.7. The fourth-order valence-electron chi connectivity index (χ4n) is 2.02. The maximum atomic E-state index is 12.3. The summed E-state index contributed by atoms with van der Waals surface area (Å²) in [6.07, 6.45) is 5.10. The van der Waals surface area contributed by atoms with Gasteiger partial charge in [-0.2, -0.15) is 0 Å². The topological polar surface area (TPSA) is 84.0 Å². The average Bonchev–Trinajstić information content (AvgIpc) is 3.27. The molecule has 3 aromatic rings. The van der Waals surface area contributed by atoms with E-state index in [1.807, 2.05) is 17.5 Å². The van der Waals surface area contributed by atoms with Gasteiger partial charge in [-0.25, -0.2) is 4.98 Å². The first-order valence-corrected chi connectivity index (χ1v) is 8.95. The second-order valence-electron chi connectivity index (χ2n) is 4.79. The fourth-order valence-corrected chi connectivity index (χ4v) is 3.50. The van der Waals surface area contributed by atoms with Gasteiger partial charge in [0.05, 0.1) is 11.9 Å². The molecular formula is C16H14N4O2S2. The van der Waals surface area contributed by atoms with Crippen molar-refractivity contribution in [1.29, 1.82) is 0 Å². The van der Waals surface area contributed by atoms with Crippen molar-refractivity contribution < 1.29 is 9.59 Å². The zero-order chi connectivity index (χ0) is 16.8. The Kier molecular flexibility index (Phi) is 5.29. The lowest BCUT2D eigenvalue weighted by molar-refractivity contribution is 0.0959. The third-order valence-corrected chi connectivity index (χ3v) is 5.00. The molecule has 0 aliphatic heterocycles. The smallest absolute Gasteiger partial charge is 0.275 e. The van der Waals surface area contributed by atoms with Crippen molar-refractivity contribution in [3.63, 3.8) is 0 Å². The van der Waals surface area contributed by atoms with Gasteiger partial charge in [0.25, 0.3) is 11.8 Å². The average molecular weight is 358 g/mol. The Hall–Kier alpha value is -2.58. The Bertz CT molecular complexity index is 816. The highest BCUT2D eigenvalue weighted by atomic mass is 32.1. The molecule has 0 saturated heterocycles. The largest absolute Gasteiger partial charge is 0.351 e. The van der Waals surface area contributed by atoms with Gasteiger partial charge in [-0.15, -0.1) is 22.7 Å². The number of nitrogens with one attached hydrogen (secondary N) is 2. The lowest BCUT2D eigenvalue weighted by atomic mass is 10.3. The van der Waals surface area contributed by atoms with E-state index in [4.69, 9.17) is 0 Å². The Morgan fingerprint density at radius 3 is 2.75 bits per heavy atom. The van der Waals surface area contributed by atoms with E-state index in [9.17, 15) is 9.59 Å². The molecule has 3 rings (SSSR count). The highest BCUT2D eigenvalue weighted by Crippen LogP contribution is 2.22. The summed E-state index contributed by atoms with van der Waals surface area (Å²) in [5.41, 5.74) is 0.678. The minimum atomic E-state index is -0.394. The van der Waals surface area contributed by atoms with Crippen molar-refractivity contribution in [3.05, 3.63) is 63.0 Å². The van der Waals surface area contributed by atoms with Crippen molar-refractivity contribution in [2.45, 2.75) is 6.42 Å². The second kappa shape index (κ2) is 7.80. The molecule has 8 heteroatoms. The van der Waals surface area contributed by atoms with Gasteiger partial charge in [-0.05, 0) is 29.3 Å². The molecule has 6 nitrogen and oxygen atoms in total. The molecule has 3 heterocycles. The molecule has 2 amide bonds. The molecule has 0 radical (unpaired) electrons. The predicted octanol–water partition coefficient (Wildman–Crippen LogP) is 2.82. The molecule has 0 aliphatic rings. The maximum Gasteiger partial charge on any atom is 0.275 e. The summed E-state index contributed by atoms with van der Waals surface area (Å²) in [5.74, 6) is -0.592. The van der Waals surface area contributed by atoms with E-state index in [0.29, 0.717) is 17.1 Å². The third kappa shape index (κ3) is 4.03. The molecule has 122 valence electrons. The highest BCUT2D eigenvalue weighted by Gasteiger charge is 2.16. The maximum absolute atomic E-state index is 12.3. The van der Waals surface area contributed by atoms with Gasteiger partial charge in [-0.3, -0.25) is 14.6 Å². The van der Waals surface area contributed by atoms with E-state index in [-0.39, 0.29) is 11.6 Å². The minimum absolute atomic E-state index is 0.198. The Balaban J connectivity index is 1.60. The summed E-state index contributed by atoms with van der Waals surface area (Å²) in [5, 5.41) is 9.35. The van der Waals surface area contributed by atoms with E-state index in [1.165, 1.54) is 34.8 Å². The summed E-state index contributed by atoms with van der Waals surface area (Å²) in [6, 6.07) is 5.73. The Morgan fingerprint density at radius 1 is 1.08 bits per heavy atom. The van der Waals surface area contributed by atoms with Crippen LogP contribution in [0.5, 0.6) is 0 Å². The van der Waals surface area contributed by atoms with Crippen LogP contribution in [-0.2, 0) is 6.42 Å². The molecule has 2 N–H and O–H groups in total. The molecule has 0 saturated carbocycles. The normalized spacial score (nSPS) is 10.3. The first kappa shape index (κ1) is 16.3. The quantitative estimate of drug-likeness (QED) is 0.710. The van der Waals surface area contributed by atoms with E-state index < -0.39 is 5.91 Å². The summed E-state index contributed by atoms with van der Waals surface area (Å²) >= 11 is 2.95. The predicted molar refractivity (Wildman–Crippen MR) is 94.7 cm³/mol. The number of aromatic nitrogens is 2. The molecular weight excluding hydrogens is 344 g/mol. The van der Waals surface area contributed by atoms with Crippen LogP contribution in [0.15, 0.2) is 47.5 Å². The number of rotatable bonds is 6. The summed E-state index contributed by atoms with van der Waals surface area (Å²) in [4.78, 5) is 33.9. The van der Waals surface area contributed by atoms with Gasteiger partial charge >= 0.3 is 0 Å². The Morgan fingerprint density at radius 2 is 2.00 bits per heavy atom. The van der Waals surface area contributed by atoms with Crippen LogP contribution in [0, 0.1) is 0 Å². The number of carbonyl (C=O) groups excluding carboxylic acids is 2. The molecule has 0 aliphatic carbocycles. The van der Waals surface area contributed by atoms with Gasteiger partial charge in [0.15, 0.2) is 0 Å². The third-order valence-electron chi connectivity index (χ3n) is 3.15. The standard InChI is InChI=1S/C16H14N4O2S2/c21-15(13-10-17-6-7-18-13)20-12-4-9-24-14(12)16(22)19-5-3-11-2-1-8-23-11/h1-2,4,6-10H,3,5H2,(H,19,22)(H,20,21). The lowest BCUT2D eigenvalue weighted by Gasteiger charge is -2.07. The van der Waals surface area contributed by atoms with Crippen LogP contribution in [0.25, 0.3) is 0 Å². The van der Waals surface area contributed by atoms with E-state index in [0.717, 1.165) is 6.42 Å². The number of carbonyl (C=O) groups is 2. The summed E-state index contributed by atoms with van der Waals surface area (Å²) in [7, 11) is 0. The molecule has 3 aromatic heterocycles. The van der Waals surface area contributed by atoms with Crippen LogP contribution >= 0.6 is 22.7 Å². The van der Waals surface area contributed by atoms with Crippen LogP contribution in [0.3, 0.4) is 0 Å². The van der Waals surface area contributed by atoms with Crippen LogP contribution in [0.4, 0.5) is 5.69 Å². The van der Waals surface area contributed by atoms with Crippen LogP contribution in [0.2, 0.25) is 0 Å². The van der Waals surface area contributed by atoms with Gasteiger partial charge in [0.2, 0.25) is 0 Å². The van der Waals surface area contributed by atoms with Crippen LogP contribution in [0.1, 0.15) is 25.0 Å². The molecule has 0 spiro atoms. The monoisotopic (exact) mass is 358 g/mol. The number of hydrogen-bond acceptors (Lipinski definition) is 6. The summed E-state index contributed by atoms with van der Waals surface area (Å²) < 4.78 is 0. The zero-order valence-electron chi connectivity index (χ0n) is 12.6. The molecule has 0 atom stereocenters. The molecule has 0 bridgehead atoms. The van der Waals surface area contributed by atoms with E-state index in [1.54, 1.807) is 22.8 Å². The van der Waals surface area contributed by atoms with Gasteiger partial charge in [0, 0.05) is 23.8 Å². The van der Waals surface area contributed by atoms with Crippen LogP contribution in [-0.4, -0.2) is 28.3 Å². The fraction of sp³-hybridized carbons (Fsp3) is 0.125. The van der Waals surface area contributed by atoms with Gasteiger partial charge < -0.3 is 10.6 Å². The summed E-state index contributed by atoms with van der Waals surface area (Å²) in [6.45, 7) is 0.550. The van der Waals surface area contributed by atoms with Gasteiger partial charge in [0.1, 0.15) is 10.6 Å². The second-order valence-corrected chi connectivity index (χ2v) is 6.74. The highest BCUT2D eigenvalue weighted by molar-refractivity contribution is 7.12. The van der Waals surface area contributed by atoms with E-state index >= 15 is 0 Å². The first-order valence-electron chi connectivity index (χ1n) is 7.19. The zero-order valence-corrected chi connectivity index (χ0v) is 14.2. The van der Waals surface area contributed by atoms with Crippen molar-refractivity contribution in [1.82, 2.24) is 15.3 Å². The molecule has 0 fully saturated rings. The Labute approximate surface area is 146 Å². The molecule has 24 heavy (non-hydrogen) atoms. The number of nitrogens with zero attached hydrogens (tertiary/aromatic N) is 2. The van der Waals surface area contributed by atoms with Crippen molar-refractivity contribution in [3.8, 4) is 0 Å². The minimum Gasteiger partial charge on any atom is -0.351 e. The molecule has 0 unspecified atom stereocenters. The number of hydrogen-bond donors (Lipinski definition) is 2. The number of anilines is 1. The SMILES string of the molecule is O=C(Nc1ccsc1C(=O)NCCc1cccs1)c1cnccn1. The van der Waals surface area contributed by atoms with Crippen molar-refractivity contribution in [2.75, 3.05) is 11.9 Å². The number of thiophene rings is 2. The van der Waals surface area contributed by atoms with Crippen molar-refractivity contribution >= 4 is 40.2 Å². The van der Waals surface area contributed by atoms with Gasteiger partial charge in [-0.1, -0.05) is 6.07 Å². The number of amides is 2. The lowest BCUT2D eigenvalue weighted by Crippen LogP contribution is -2.26.